The van der Waals surface area contributed by atoms with E-state index < -0.39 is 0 Å². The van der Waals surface area contributed by atoms with E-state index in [0.717, 1.165) is 65.2 Å². The molecule has 2 aromatic carbocycles. The molecule has 1 fully saturated rings. The van der Waals surface area contributed by atoms with Gasteiger partial charge in [0, 0.05) is 53.2 Å². The van der Waals surface area contributed by atoms with Crippen molar-refractivity contribution in [3.63, 3.8) is 0 Å². The Labute approximate surface area is 242 Å². The molecule has 9 nitrogen and oxygen atoms in total. The maximum absolute atomic E-state index is 10.4. The first-order valence-electron chi connectivity index (χ1n) is 14.0. The maximum atomic E-state index is 10.4. The van der Waals surface area contributed by atoms with Crippen LogP contribution >= 0.6 is 0 Å². The Morgan fingerprint density at radius 1 is 0.976 bits per heavy atom. The van der Waals surface area contributed by atoms with Gasteiger partial charge < -0.3 is 25.6 Å². The van der Waals surface area contributed by atoms with Gasteiger partial charge in [0.25, 0.3) is 0 Å². The first kappa shape index (κ1) is 28.1. The second-order valence-electron chi connectivity index (χ2n) is 11.6. The quantitative estimate of drug-likeness (QED) is 0.242. The molecule has 1 aliphatic rings. The van der Waals surface area contributed by atoms with Crippen molar-refractivity contribution >= 4 is 39.7 Å². The van der Waals surface area contributed by atoms with Crippen molar-refractivity contribution in [2.75, 3.05) is 35.7 Å². The molecular formula is C32H38N8O. The lowest BCUT2D eigenvalue weighted by Crippen LogP contribution is -2.49. The van der Waals surface area contributed by atoms with Gasteiger partial charge >= 0.3 is 0 Å². The smallest absolute Gasteiger partial charge is 0.230 e. The minimum absolute atomic E-state index is 0.0776. The fourth-order valence-corrected chi connectivity index (χ4v) is 5.42. The van der Waals surface area contributed by atoms with Crippen LogP contribution in [0.3, 0.4) is 0 Å². The van der Waals surface area contributed by atoms with Crippen LogP contribution in [0.5, 0.6) is 5.88 Å². The van der Waals surface area contributed by atoms with Gasteiger partial charge in [-0.05, 0) is 77.3 Å². The summed E-state index contributed by atoms with van der Waals surface area (Å²) in [5, 5.41) is 21.9. The number of nitrogens with zero attached hydrogens (tertiary/aromatic N) is 5. The summed E-state index contributed by atoms with van der Waals surface area (Å²) < 4.78 is 5.28. The minimum Gasteiger partial charge on any atom is -0.481 e. The molecule has 0 radical (unpaired) electrons. The number of fused-ring (bicyclic) bond motifs is 1. The summed E-state index contributed by atoms with van der Waals surface area (Å²) in [5.41, 5.74) is 5.98. The molecule has 5 rings (SSSR count). The Morgan fingerprint density at radius 3 is 2.41 bits per heavy atom. The molecule has 41 heavy (non-hydrogen) atoms. The fraction of sp³-hybridized carbons (Fsp3) is 0.375. The van der Waals surface area contributed by atoms with Crippen molar-refractivity contribution in [3.05, 3.63) is 65.4 Å². The van der Waals surface area contributed by atoms with Gasteiger partial charge in [-0.3, -0.25) is 0 Å². The van der Waals surface area contributed by atoms with Gasteiger partial charge in [0.05, 0.1) is 18.3 Å². The lowest BCUT2D eigenvalue weighted by atomic mass is 9.98. The molecule has 0 aliphatic carbocycles. The number of benzene rings is 2. The number of para-hydroxylation sites is 1. The molecule has 0 saturated carbocycles. The topological polar surface area (TPSA) is 111 Å². The summed E-state index contributed by atoms with van der Waals surface area (Å²) in [4.78, 5) is 16.1. The SMILES string of the molecule is COc1cc(C)nc(Nc2ccc(Nc3nc4ccccc4c(N4CCC(NC(C)(C)C)CC4)c3C#N)cc2C)n1. The molecule has 2 aromatic heterocycles. The molecule has 0 amide bonds. The van der Waals surface area contributed by atoms with Crippen LogP contribution in [-0.2, 0) is 0 Å². The van der Waals surface area contributed by atoms with Crippen LogP contribution in [-0.4, -0.2) is 46.7 Å². The standard InChI is InChI=1S/C32H38N8O/c1-20-17-23(11-12-26(20)37-31-34-21(2)18-28(38-31)41-6)35-30-25(19-33)29(24-9-7-8-10-27(24)36-30)40-15-13-22(14-16-40)39-32(3,4)5/h7-12,17-18,22,39H,13-16H2,1-6H3,(H,35,36)(H,34,37,38). The average Bonchev–Trinajstić information content (AvgIpc) is 2.93. The van der Waals surface area contributed by atoms with E-state index in [1.54, 1.807) is 13.2 Å². The van der Waals surface area contributed by atoms with Crippen LogP contribution in [0.4, 0.5) is 28.8 Å². The number of anilines is 5. The van der Waals surface area contributed by atoms with Crippen LogP contribution in [0.2, 0.25) is 0 Å². The molecule has 1 saturated heterocycles. The molecule has 0 spiro atoms. The highest BCUT2D eigenvalue weighted by Crippen LogP contribution is 2.37. The van der Waals surface area contributed by atoms with Crippen LogP contribution in [0.1, 0.15) is 50.4 Å². The highest BCUT2D eigenvalue weighted by Gasteiger charge is 2.27. The van der Waals surface area contributed by atoms with E-state index in [-0.39, 0.29) is 5.54 Å². The third-order valence-corrected chi connectivity index (χ3v) is 7.20. The number of hydrogen-bond donors (Lipinski definition) is 3. The minimum atomic E-state index is 0.0776. The fourth-order valence-electron chi connectivity index (χ4n) is 5.42. The third kappa shape index (κ3) is 6.50. The normalized spacial score (nSPS) is 14.1. The van der Waals surface area contributed by atoms with E-state index >= 15 is 0 Å². The molecule has 4 aromatic rings. The van der Waals surface area contributed by atoms with E-state index in [1.807, 2.05) is 50.2 Å². The largest absolute Gasteiger partial charge is 0.481 e. The van der Waals surface area contributed by atoms with Crippen LogP contribution < -0.4 is 25.6 Å². The van der Waals surface area contributed by atoms with Crippen LogP contribution in [0.15, 0.2) is 48.5 Å². The Hall–Kier alpha value is -4.42. The molecule has 0 bridgehead atoms. The average molecular weight is 551 g/mol. The Morgan fingerprint density at radius 2 is 1.73 bits per heavy atom. The zero-order valence-electron chi connectivity index (χ0n) is 24.7. The van der Waals surface area contributed by atoms with Gasteiger partial charge in [-0.2, -0.15) is 10.2 Å². The van der Waals surface area contributed by atoms with Gasteiger partial charge in [-0.1, -0.05) is 18.2 Å². The Bertz CT molecular complexity index is 1600. The van der Waals surface area contributed by atoms with Crippen molar-refractivity contribution in [2.45, 2.75) is 59.0 Å². The molecule has 1 aliphatic heterocycles. The van der Waals surface area contributed by atoms with Gasteiger partial charge in [-0.25, -0.2) is 9.97 Å². The lowest BCUT2D eigenvalue weighted by Gasteiger charge is -2.38. The van der Waals surface area contributed by atoms with Gasteiger partial charge in [0.15, 0.2) is 5.82 Å². The molecule has 212 valence electrons. The second-order valence-corrected chi connectivity index (χ2v) is 11.6. The van der Waals surface area contributed by atoms with E-state index in [2.05, 4.69) is 63.7 Å². The molecule has 3 N–H and O–H groups in total. The number of piperidine rings is 1. The van der Waals surface area contributed by atoms with Crippen LogP contribution in [0.25, 0.3) is 10.9 Å². The highest BCUT2D eigenvalue weighted by molar-refractivity contribution is 5.98. The van der Waals surface area contributed by atoms with Crippen molar-refractivity contribution in [1.82, 2.24) is 20.3 Å². The highest BCUT2D eigenvalue weighted by atomic mass is 16.5. The third-order valence-electron chi connectivity index (χ3n) is 7.20. The zero-order chi connectivity index (χ0) is 29.1. The summed E-state index contributed by atoms with van der Waals surface area (Å²) in [7, 11) is 1.59. The zero-order valence-corrected chi connectivity index (χ0v) is 24.7. The van der Waals surface area contributed by atoms with E-state index in [1.165, 1.54) is 0 Å². The van der Waals surface area contributed by atoms with Crippen molar-refractivity contribution < 1.29 is 4.74 Å². The number of hydrogen-bond acceptors (Lipinski definition) is 9. The molecule has 0 atom stereocenters. The monoisotopic (exact) mass is 550 g/mol. The number of nitrogens with one attached hydrogen (secondary N) is 3. The van der Waals surface area contributed by atoms with Crippen molar-refractivity contribution in [3.8, 4) is 11.9 Å². The predicted molar refractivity (Wildman–Crippen MR) is 166 cm³/mol. The van der Waals surface area contributed by atoms with Gasteiger partial charge in [0.1, 0.15) is 11.6 Å². The predicted octanol–water partition coefficient (Wildman–Crippen LogP) is 6.37. The summed E-state index contributed by atoms with van der Waals surface area (Å²) in [6.07, 6.45) is 2.04. The first-order chi connectivity index (χ1) is 19.6. The maximum Gasteiger partial charge on any atom is 0.230 e. The summed E-state index contributed by atoms with van der Waals surface area (Å²) in [6, 6.07) is 18.7. The number of pyridine rings is 1. The van der Waals surface area contributed by atoms with Gasteiger partial charge in [-0.15, -0.1) is 0 Å². The number of rotatable bonds is 7. The number of aryl methyl sites for hydroxylation is 2. The van der Waals surface area contributed by atoms with E-state index in [9.17, 15) is 5.26 Å². The Balaban J connectivity index is 1.43. The Kier molecular flexibility index (Phi) is 7.95. The second kappa shape index (κ2) is 11.6. The number of aromatic nitrogens is 3. The van der Waals surface area contributed by atoms with Gasteiger partial charge in [0.2, 0.25) is 11.8 Å². The number of nitriles is 1. The van der Waals surface area contributed by atoms with E-state index in [0.29, 0.717) is 29.3 Å². The lowest BCUT2D eigenvalue weighted by molar-refractivity contribution is 0.317. The molecule has 9 heteroatoms. The van der Waals surface area contributed by atoms with E-state index in [4.69, 9.17) is 9.72 Å². The molecule has 3 heterocycles. The number of ether oxygens (including phenoxy) is 1. The number of methoxy groups -OCH3 is 1. The summed E-state index contributed by atoms with van der Waals surface area (Å²) >= 11 is 0. The molecular weight excluding hydrogens is 512 g/mol. The molecule has 0 unspecified atom stereocenters. The van der Waals surface area contributed by atoms with Crippen LogP contribution in [0, 0.1) is 25.2 Å². The summed E-state index contributed by atoms with van der Waals surface area (Å²) in [6.45, 7) is 12.3. The van der Waals surface area contributed by atoms with Crippen molar-refractivity contribution in [1.29, 1.82) is 5.26 Å². The summed E-state index contributed by atoms with van der Waals surface area (Å²) in [5.74, 6) is 1.54. The first-order valence-corrected chi connectivity index (χ1v) is 14.0. The van der Waals surface area contributed by atoms with Crippen molar-refractivity contribution in [2.24, 2.45) is 0 Å².